The van der Waals surface area contributed by atoms with Crippen LogP contribution in [-0.2, 0) is 16.1 Å². The van der Waals surface area contributed by atoms with Crippen molar-refractivity contribution in [3.05, 3.63) is 55.8 Å². The smallest absolute Gasteiger partial charge is 0.344 e. The Hall–Kier alpha value is -2.32. The summed E-state index contributed by atoms with van der Waals surface area (Å²) in [6, 6.07) is 7.40. The molecule has 140 valence electrons. The number of rotatable bonds is 5. The van der Waals surface area contributed by atoms with Gasteiger partial charge in [0.05, 0.1) is 19.2 Å². The molecule has 0 bridgehead atoms. The van der Waals surface area contributed by atoms with E-state index in [2.05, 4.69) is 10.2 Å². The van der Waals surface area contributed by atoms with Gasteiger partial charge in [-0.3, -0.25) is 4.79 Å². The molecule has 3 rings (SSSR count). The van der Waals surface area contributed by atoms with Crippen LogP contribution >= 0.6 is 11.6 Å². The lowest BCUT2D eigenvalue weighted by molar-refractivity contribution is -0.144. The molecule has 0 radical (unpaired) electrons. The van der Waals surface area contributed by atoms with Crippen molar-refractivity contribution in [2.75, 3.05) is 13.2 Å². The Kier molecular flexibility index (Phi) is 5.63. The number of amides is 1. The van der Waals surface area contributed by atoms with Gasteiger partial charge in [0.1, 0.15) is 6.10 Å². The summed E-state index contributed by atoms with van der Waals surface area (Å²) in [4.78, 5) is 37.3. The molecule has 1 aliphatic heterocycles. The van der Waals surface area contributed by atoms with Crippen LogP contribution in [0.5, 0.6) is 0 Å². The first kappa shape index (κ1) is 18.5. The van der Waals surface area contributed by atoms with Crippen LogP contribution in [0.4, 0.5) is 0 Å². The molecule has 8 nitrogen and oxygen atoms in total. The Morgan fingerprint density at radius 1 is 1.31 bits per heavy atom. The summed E-state index contributed by atoms with van der Waals surface area (Å²) in [5.41, 5.74) is -0.0565. The van der Waals surface area contributed by atoms with Crippen LogP contribution in [0, 0.1) is 0 Å². The first-order valence-electron chi connectivity index (χ1n) is 8.49. The summed E-state index contributed by atoms with van der Waals surface area (Å²) >= 11 is 6.04. The van der Waals surface area contributed by atoms with Crippen molar-refractivity contribution in [1.29, 1.82) is 0 Å². The molecule has 2 N–H and O–H groups in total. The number of hydrogen-bond donors (Lipinski definition) is 2. The molecule has 9 heteroatoms. The predicted octanol–water partition coefficient (Wildman–Crippen LogP) is 1.29. The van der Waals surface area contributed by atoms with Crippen LogP contribution < -0.4 is 11.4 Å². The standard InChI is InChI=1S/C17H21ClN4O4/c1-11-10-26-14(12-4-2-5-13(18)8-12)9-22(11)15(23)6-3-7-21-16(24)19-20-17(21)25/h2,4-5,8,11,14H,3,6-7,9-10H2,1H3,(H,19,24)(H,20,25). The average Bonchev–Trinajstić information content (AvgIpc) is 2.94. The molecule has 0 spiro atoms. The molecular weight excluding hydrogens is 360 g/mol. The molecule has 2 atom stereocenters. The van der Waals surface area contributed by atoms with Crippen molar-refractivity contribution >= 4 is 17.5 Å². The van der Waals surface area contributed by atoms with Crippen molar-refractivity contribution in [3.63, 3.8) is 0 Å². The maximum Gasteiger partial charge on any atom is 0.344 e. The zero-order chi connectivity index (χ0) is 18.7. The number of H-pyrrole nitrogens is 2. The number of aromatic nitrogens is 3. The molecule has 26 heavy (non-hydrogen) atoms. The Morgan fingerprint density at radius 3 is 2.73 bits per heavy atom. The number of nitrogens with one attached hydrogen (secondary N) is 2. The first-order chi connectivity index (χ1) is 12.5. The fraction of sp³-hybridized carbons (Fsp3) is 0.471. The Labute approximate surface area is 154 Å². The molecule has 1 aromatic heterocycles. The number of benzene rings is 1. The minimum Gasteiger partial charge on any atom is -0.370 e. The number of carbonyl (C=O) groups excluding carboxylic acids is 1. The maximum atomic E-state index is 12.6. The fourth-order valence-electron chi connectivity index (χ4n) is 3.08. The maximum absolute atomic E-state index is 12.6. The Bertz CT molecular complexity index is 860. The molecule has 1 saturated heterocycles. The molecule has 2 heterocycles. The van der Waals surface area contributed by atoms with E-state index in [4.69, 9.17) is 16.3 Å². The average molecular weight is 381 g/mol. The quantitative estimate of drug-likeness (QED) is 0.816. The third-order valence-corrected chi connectivity index (χ3v) is 4.75. The van der Waals surface area contributed by atoms with Gasteiger partial charge < -0.3 is 9.64 Å². The van der Waals surface area contributed by atoms with Crippen LogP contribution in [0.2, 0.25) is 5.02 Å². The van der Waals surface area contributed by atoms with E-state index >= 15 is 0 Å². The first-order valence-corrected chi connectivity index (χ1v) is 8.87. The van der Waals surface area contributed by atoms with Crippen molar-refractivity contribution in [2.24, 2.45) is 0 Å². The summed E-state index contributed by atoms with van der Waals surface area (Å²) in [6.45, 7) is 3.03. The van der Waals surface area contributed by atoms with Gasteiger partial charge in [-0.05, 0) is 31.0 Å². The number of ether oxygens (including phenoxy) is 1. The largest absolute Gasteiger partial charge is 0.370 e. The summed E-state index contributed by atoms with van der Waals surface area (Å²) < 4.78 is 6.91. The van der Waals surface area contributed by atoms with E-state index in [1.165, 1.54) is 0 Å². The summed E-state index contributed by atoms with van der Waals surface area (Å²) in [6.07, 6.45) is 0.443. The van der Waals surface area contributed by atoms with Crippen molar-refractivity contribution in [2.45, 2.75) is 38.5 Å². The normalized spacial score (nSPS) is 20.3. The summed E-state index contributed by atoms with van der Waals surface area (Å²) in [7, 11) is 0. The van der Waals surface area contributed by atoms with E-state index in [1.54, 1.807) is 11.0 Å². The summed E-state index contributed by atoms with van der Waals surface area (Å²) in [5, 5.41) is 5.07. The van der Waals surface area contributed by atoms with Crippen LogP contribution in [0.15, 0.2) is 33.9 Å². The zero-order valence-electron chi connectivity index (χ0n) is 14.4. The minimum absolute atomic E-state index is 0.0205. The monoisotopic (exact) mass is 380 g/mol. The van der Waals surface area contributed by atoms with Crippen molar-refractivity contribution < 1.29 is 9.53 Å². The van der Waals surface area contributed by atoms with E-state index in [0.717, 1.165) is 10.1 Å². The topological polar surface area (TPSA) is 100 Å². The van der Waals surface area contributed by atoms with E-state index in [-0.39, 0.29) is 31.0 Å². The molecule has 2 unspecified atom stereocenters. The molecule has 0 saturated carbocycles. The molecule has 1 fully saturated rings. The van der Waals surface area contributed by atoms with Gasteiger partial charge in [0.2, 0.25) is 5.91 Å². The minimum atomic E-state index is -0.497. The number of aromatic amines is 2. The number of morpholine rings is 1. The van der Waals surface area contributed by atoms with Gasteiger partial charge in [-0.2, -0.15) is 0 Å². The predicted molar refractivity (Wildman–Crippen MR) is 96.2 cm³/mol. The van der Waals surface area contributed by atoms with Gasteiger partial charge in [0.15, 0.2) is 0 Å². The third kappa shape index (κ3) is 4.08. The van der Waals surface area contributed by atoms with E-state index in [0.29, 0.717) is 24.6 Å². The number of hydrogen-bond acceptors (Lipinski definition) is 4. The second kappa shape index (κ2) is 7.92. The molecule has 1 aromatic carbocycles. The highest BCUT2D eigenvalue weighted by atomic mass is 35.5. The fourth-order valence-corrected chi connectivity index (χ4v) is 3.28. The second-order valence-electron chi connectivity index (χ2n) is 6.39. The van der Waals surface area contributed by atoms with E-state index in [1.807, 2.05) is 25.1 Å². The third-order valence-electron chi connectivity index (χ3n) is 4.51. The number of carbonyl (C=O) groups is 1. The lowest BCUT2D eigenvalue weighted by atomic mass is 10.1. The number of nitrogens with zero attached hydrogens (tertiary/aromatic N) is 2. The van der Waals surface area contributed by atoms with Crippen LogP contribution in [0.3, 0.4) is 0 Å². The molecule has 1 aliphatic rings. The lowest BCUT2D eigenvalue weighted by Crippen LogP contribution is -2.48. The molecular formula is C17H21ClN4O4. The highest BCUT2D eigenvalue weighted by molar-refractivity contribution is 6.30. The Balaban J connectivity index is 1.60. The van der Waals surface area contributed by atoms with Gasteiger partial charge in [-0.25, -0.2) is 24.4 Å². The molecule has 0 aliphatic carbocycles. The zero-order valence-corrected chi connectivity index (χ0v) is 15.2. The SMILES string of the molecule is CC1COC(c2cccc(Cl)c2)CN1C(=O)CCCn1c(=O)[nH][nH]c1=O. The van der Waals surface area contributed by atoms with Gasteiger partial charge in [-0.15, -0.1) is 0 Å². The van der Waals surface area contributed by atoms with Crippen LogP contribution in [-0.4, -0.2) is 44.8 Å². The lowest BCUT2D eigenvalue weighted by Gasteiger charge is -2.38. The molecule has 1 amide bonds. The van der Waals surface area contributed by atoms with Crippen LogP contribution in [0.1, 0.15) is 31.4 Å². The van der Waals surface area contributed by atoms with Crippen molar-refractivity contribution in [3.8, 4) is 0 Å². The highest BCUT2D eigenvalue weighted by Crippen LogP contribution is 2.27. The summed E-state index contributed by atoms with van der Waals surface area (Å²) in [5.74, 6) is -0.0205. The van der Waals surface area contributed by atoms with Crippen LogP contribution in [0.25, 0.3) is 0 Å². The van der Waals surface area contributed by atoms with Gasteiger partial charge in [-0.1, -0.05) is 23.7 Å². The van der Waals surface area contributed by atoms with E-state index in [9.17, 15) is 14.4 Å². The number of halogens is 1. The van der Waals surface area contributed by atoms with Gasteiger partial charge in [0.25, 0.3) is 0 Å². The second-order valence-corrected chi connectivity index (χ2v) is 6.82. The highest BCUT2D eigenvalue weighted by Gasteiger charge is 2.30. The van der Waals surface area contributed by atoms with E-state index < -0.39 is 11.4 Å². The van der Waals surface area contributed by atoms with Gasteiger partial charge >= 0.3 is 11.4 Å². The Morgan fingerprint density at radius 2 is 2.04 bits per heavy atom. The molecule has 2 aromatic rings. The van der Waals surface area contributed by atoms with Gasteiger partial charge in [0, 0.05) is 18.0 Å². The van der Waals surface area contributed by atoms with Crippen molar-refractivity contribution in [1.82, 2.24) is 19.7 Å².